The standard InChI is InChI=1S/C16H22N2O3/c1-3-20-12-13(2)21-10-6-9-16(19)18-15-8-5-4-7-14(15)11-17/h4-5,7-8,13H,3,6,9-10,12H2,1-2H3,(H,18,19). The van der Waals surface area contributed by atoms with Gasteiger partial charge in [0.2, 0.25) is 5.91 Å². The van der Waals surface area contributed by atoms with Crippen LogP contribution in [0.1, 0.15) is 32.3 Å². The Bertz CT molecular complexity index is 483. The highest BCUT2D eigenvalue weighted by molar-refractivity contribution is 5.92. The molecule has 0 aromatic heterocycles. The van der Waals surface area contributed by atoms with Gasteiger partial charge in [-0.2, -0.15) is 5.26 Å². The second-order valence-electron chi connectivity index (χ2n) is 4.65. The van der Waals surface area contributed by atoms with Gasteiger partial charge in [-0.05, 0) is 32.4 Å². The summed E-state index contributed by atoms with van der Waals surface area (Å²) in [6.45, 7) is 5.64. The summed E-state index contributed by atoms with van der Waals surface area (Å²) in [5.41, 5.74) is 1.02. The van der Waals surface area contributed by atoms with Crippen LogP contribution in [0.4, 0.5) is 5.69 Å². The molecule has 5 nitrogen and oxygen atoms in total. The van der Waals surface area contributed by atoms with E-state index in [2.05, 4.69) is 5.32 Å². The fourth-order valence-electron chi connectivity index (χ4n) is 1.75. The van der Waals surface area contributed by atoms with Crippen molar-refractivity contribution in [1.29, 1.82) is 5.26 Å². The van der Waals surface area contributed by atoms with Crippen molar-refractivity contribution in [2.75, 3.05) is 25.1 Å². The zero-order chi connectivity index (χ0) is 15.5. The fraction of sp³-hybridized carbons (Fsp3) is 0.500. The van der Waals surface area contributed by atoms with E-state index in [1.54, 1.807) is 24.3 Å². The topological polar surface area (TPSA) is 71.3 Å². The Labute approximate surface area is 125 Å². The highest BCUT2D eigenvalue weighted by Gasteiger charge is 2.07. The largest absolute Gasteiger partial charge is 0.379 e. The third-order valence-corrected chi connectivity index (χ3v) is 2.83. The van der Waals surface area contributed by atoms with E-state index in [0.717, 1.165) is 0 Å². The van der Waals surface area contributed by atoms with Gasteiger partial charge in [-0.25, -0.2) is 0 Å². The maximum Gasteiger partial charge on any atom is 0.224 e. The van der Waals surface area contributed by atoms with Crippen LogP contribution in [-0.2, 0) is 14.3 Å². The Morgan fingerprint density at radius 3 is 2.90 bits per heavy atom. The molecule has 114 valence electrons. The number of anilines is 1. The van der Waals surface area contributed by atoms with Crippen LogP contribution < -0.4 is 5.32 Å². The van der Waals surface area contributed by atoms with Crippen molar-refractivity contribution in [1.82, 2.24) is 0 Å². The van der Waals surface area contributed by atoms with Crippen molar-refractivity contribution in [2.45, 2.75) is 32.8 Å². The Morgan fingerprint density at radius 1 is 1.43 bits per heavy atom. The SMILES string of the molecule is CCOCC(C)OCCCC(=O)Nc1ccccc1C#N. The molecular weight excluding hydrogens is 268 g/mol. The van der Waals surface area contributed by atoms with E-state index < -0.39 is 0 Å². The Hall–Kier alpha value is -1.90. The molecule has 0 aliphatic rings. The van der Waals surface area contributed by atoms with Gasteiger partial charge in [0.15, 0.2) is 0 Å². The van der Waals surface area contributed by atoms with Crippen LogP contribution in [0.25, 0.3) is 0 Å². The summed E-state index contributed by atoms with van der Waals surface area (Å²) in [4.78, 5) is 11.8. The molecule has 1 aromatic rings. The van der Waals surface area contributed by atoms with Gasteiger partial charge in [0.05, 0.1) is 24.0 Å². The van der Waals surface area contributed by atoms with Crippen molar-refractivity contribution in [3.05, 3.63) is 29.8 Å². The minimum atomic E-state index is -0.112. The van der Waals surface area contributed by atoms with Crippen LogP contribution in [0, 0.1) is 11.3 Å². The van der Waals surface area contributed by atoms with E-state index in [4.69, 9.17) is 14.7 Å². The third-order valence-electron chi connectivity index (χ3n) is 2.83. The first-order valence-electron chi connectivity index (χ1n) is 7.15. The molecule has 0 radical (unpaired) electrons. The molecule has 21 heavy (non-hydrogen) atoms. The summed E-state index contributed by atoms with van der Waals surface area (Å²) in [5, 5.41) is 11.7. The third kappa shape index (κ3) is 6.89. The van der Waals surface area contributed by atoms with E-state index in [0.29, 0.717) is 43.9 Å². The van der Waals surface area contributed by atoms with E-state index in [9.17, 15) is 4.79 Å². The van der Waals surface area contributed by atoms with E-state index in [1.807, 2.05) is 19.9 Å². The molecule has 0 aliphatic heterocycles. The van der Waals surface area contributed by atoms with Crippen molar-refractivity contribution in [2.24, 2.45) is 0 Å². The second kappa shape index (κ2) is 9.92. The number of carbonyl (C=O) groups is 1. The van der Waals surface area contributed by atoms with Gasteiger partial charge < -0.3 is 14.8 Å². The fourth-order valence-corrected chi connectivity index (χ4v) is 1.75. The summed E-state index contributed by atoms with van der Waals surface area (Å²) in [6, 6.07) is 9.00. The Kier molecular flexibility index (Phi) is 8.10. The summed E-state index contributed by atoms with van der Waals surface area (Å²) in [7, 11) is 0. The number of ether oxygens (including phenoxy) is 2. The first kappa shape index (κ1) is 17.2. The smallest absolute Gasteiger partial charge is 0.224 e. The molecule has 1 aromatic carbocycles. The molecule has 5 heteroatoms. The number of amides is 1. The quantitative estimate of drug-likeness (QED) is 0.710. The zero-order valence-corrected chi connectivity index (χ0v) is 12.6. The summed E-state index contributed by atoms with van der Waals surface area (Å²) in [6.07, 6.45) is 1.03. The van der Waals surface area contributed by atoms with E-state index in [-0.39, 0.29) is 12.0 Å². The number of rotatable bonds is 9. The van der Waals surface area contributed by atoms with Gasteiger partial charge in [0.25, 0.3) is 0 Å². The van der Waals surface area contributed by atoms with Crippen LogP contribution >= 0.6 is 0 Å². The Balaban J connectivity index is 2.24. The van der Waals surface area contributed by atoms with Gasteiger partial charge in [-0.1, -0.05) is 12.1 Å². The average molecular weight is 290 g/mol. The highest BCUT2D eigenvalue weighted by Crippen LogP contribution is 2.13. The summed E-state index contributed by atoms with van der Waals surface area (Å²) >= 11 is 0. The molecule has 0 aliphatic carbocycles. The molecule has 1 amide bonds. The molecule has 0 saturated heterocycles. The van der Waals surface area contributed by atoms with Gasteiger partial charge >= 0.3 is 0 Å². The molecule has 0 spiro atoms. The number of carbonyl (C=O) groups excluding carboxylic acids is 1. The lowest BCUT2D eigenvalue weighted by Crippen LogP contribution is -2.18. The zero-order valence-electron chi connectivity index (χ0n) is 12.6. The first-order chi connectivity index (χ1) is 10.2. The second-order valence-corrected chi connectivity index (χ2v) is 4.65. The van der Waals surface area contributed by atoms with Crippen molar-refractivity contribution >= 4 is 11.6 Å². The van der Waals surface area contributed by atoms with Gasteiger partial charge in [-0.15, -0.1) is 0 Å². The molecule has 1 unspecified atom stereocenters. The van der Waals surface area contributed by atoms with Crippen LogP contribution in [0.3, 0.4) is 0 Å². The van der Waals surface area contributed by atoms with Crippen molar-refractivity contribution in [3.8, 4) is 6.07 Å². The number of hydrogen-bond donors (Lipinski definition) is 1. The van der Waals surface area contributed by atoms with Crippen LogP contribution in [0.2, 0.25) is 0 Å². The molecule has 1 rings (SSSR count). The molecular formula is C16H22N2O3. The highest BCUT2D eigenvalue weighted by atomic mass is 16.5. The summed E-state index contributed by atoms with van der Waals surface area (Å²) in [5.74, 6) is -0.112. The van der Waals surface area contributed by atoms with Crippen LogP contribution in [0.5, 0.6) is 0 Å². The van der Waals surface area contributed by atoms with Crippen LogP contribution in [0.15, 0.2) is 24.3 Å². The van der Waals surface area contributed by atoms with E-state index in [1.165, 1.54) is 0 Å². The predicted octanol–water partition coefficient (Wildman–Crippen LogP) is 2.72. The minimum absolute atomic E-state index is 0.0346. The number of nitrogens with zero attached hydrogens (tertiary/aromatic N) is 1. The number of para-hydroxylation sites is 1. The van der Waals surface area contributed by atoms with Crippen molar-refractivity contribution < 1.29 is 14.3 Å². The first-order valence-corrected chi connectivity index (χ1v) is 7.15. The predicted molar refractivity (Wildman–Crippen MR) is 80.9 cm³/mol. The summed E-state index contributed by atoms with van der Waals surface area (Å²) < 4.78 is 10.8. The Morgan fingerprint density at radius 2 is 2.19 bits per heavy atom. The van der Waals surface area contributed by atoms with Gasteiger partial charge in [0.1, 0.15) is 6.07 Å². The molecule has 0 saturated carbocycles. The average Bonchev–Trinajstić information content (AvgIpc) is 2.50. The maximum absolute atomic E-state index is 11.8. The number of nitriles is 1. The monoisotopic (exact) mass is 290 g/mol. The lowest BCUT2D eigenvalue weighted by Gasteiger charge is -2.12. The molecule has 0 heterocycles. The van der Waals surface area contributed by atoms with E-state index >= 15 is 0 Å². The van der Waals surface area contributed by atoms with Gasteiger partial charge in [-0.3, -0.25) is 4.79 Å². The molecule has 0 fully saturated rings. The molecule has 1 atom stereocenters. The van der Waals surface area contributed by atoms with Crippen LogP contribution in [-0.4, -0.2) is 31.8 Å². The lowest BCUT2D eigenvalue weighted by atomic mass is 10.2. The van der Waals surface area contributed by atoms with Crippen molar-refractivity contribution in [3.63, 3.8) is 0 Å². The normalized spacial score (nSPS) is 11.7. The molecule has 0 bridgehead atoms. The van der Waals surface area contributed by atoms with Gasteiger partial charge in [0, 0.05) is 19.6 Å². The lowest BCUT2D eigenvalue weighted by molar-refractivity contribution is -0.116. The number of benzene rings is 1. The number of nitrogens with one attached hydrogen (secondary N) is 1. The minimum Gasteiger partial charge on any atom is -0.379 e. The molecule has 1 N–H and O–H groups in total. The number of hydrogen-bond acceptors (Lipinski definition) is 4. The maximum atomic E-state index is 11.8.